The second-order valence-corrected chi connectivity index (χ2v) is 6.42. The van der Waals surface area contributed by atoms with Crippen LogP contribution < -0.4 is 10.1 Å². The largest absolute Gasteiger partial charge is 0.479 e. The molecule has 2 rings (SSSR count). The average molecular weight is 341 g/mol. The van der Waals surface area contributed by atoms with Gasteiger partial charge in [0, 0.05) is 5.02 Å². The lowest BCUT2D eigenvalue weighted by Crippen LogP contribution is -2.52. The maximum absolute atomic E-state index is 12.3. The second kappa shape index (κ2) is 7.21. The van der Waals surface area contributed by atoms with Crippen molar-refractivity contribution < 1.29 is 9.53 Å². The van der Waals surface area contributed by atoms with Crippen molar-refractivity contribution in [3.8, 4) is 11.8 Å². The Morgan fingerprint density at radius 2 is 2.05 bits per heavy atom. The molecular weight excluding hydrogens is 323 g/mol. The van der Waals surface area contributed by atoms with E-state index < -0.39 is 11.6 Å². The number of nitriles is 1. The summed E-state index contributed by atoms with van der Waals surface area (Å²) in [4.78, 5) is 12.3. The van der Waals surface area contributed by atoms with Crippen LogP contribution in [0, 0.1) is 11.3 Å². The third-order valence-corrected chi connectivity index (χ3v) is 4.38. The summed E-state index contributed by atoms with van der Waals surface area (Å²) in [6, 6.07) is 7.08. The maximum atomic E-state index is 12.3. The van der Waals surface area contributed by atoms with Crippen molar-refractivity contribution in [1.82, 2.24) is 5.32 Å². The van der Waals surface area contributed by atoms with E-state index >= 15 is 0 Å². The van der Waals surface area contributed by atoms with Gasteiger partial charge in [0.25, 0.3) is 5.91 Å². The van der Waals surface area contributed by atoms with Gasteiger partial charge in [-0.25, -0.2) is 0 Å². The molecule has 1 saturated carbocycles. The van der Waals surface area contributed by atoms with Crippen LogP contribution in [0.3, 0.4) is 0 Å². The summed E-state index contributed by atoms with van der Waals surface area (Å²) in [5, 5.41) is 13.1. The highest BCUT2D eigenvalue weighted by Gasteiger charge is 2.35. The normalized spacial score (nSPS) is 18.1. The smallest absolute Gasteiger partial charge is 0.262 e. The Balaban J connectivity index is 2.01. The standard InChI is InChI=1S/C16H18Cl2N2O2/c1-11(22-14-6-5-12(17)9-13(14)18)15(21)20-16(10-19)7-3-2-4-8-16/h5-6,9,11H,2-4,7-8H2,1H3,(H,20,21)/t11-/m0/s1. The molecule has 1 aliphatic rings. The quantitative estimate of drug-likeness (QED) is 0.897. The molecule has 1 aromatic carbocycles. The molecular formula is C16H18Cl2N2O2. The minimum absolute atomic E-state index is 0.311. The summed E-state index contributed by atoms with van der Waals surface area (Å²) < 4.78 is 5.58. The molecule has 0 saturated heterocycles. The van der Waals surface area contributed by atoms with Crippen LogP contribution in [0.15, 0.2) is 18.2 Å². The summed E-state index contributed by atoms with van der Waals surface area (Å²) in [5.41, 5.74) is -0.767. The Morgan fingerprint density at radius 1 is 1.36 bits per heavy atom. The number of amides is 1. The minimum Gasteiger partial charge on any atom is -0.479 e. The van der Waals surface area contributed by atoms with Crippen LogP contribution in [0.25, 0.3) is 0 Å². The van der Waals surface area contributed by atoms with E-state index in [0.29, 0.717) is 28.6 Å². The Labute approximate surface area is 140 Å². The molecule has 4 nitrogen and oxygen atoms in total. The van der Waals surface area contributed by atoms with Gasteiger partial charge < -0.3 is 10.1 Å². The van der Waals surface area contributed by atoms with Crippen molar-refractivity contribution in [2.24, 2.45) is 0 Å². The van der Waals surface area contributed by atoms with E-state index in [4.69, 9.17) is 27.9 Å². The molecule has 0 aromatic heterocycles. The maximum Gasteiger partial charge on any atom is 0.262 e. The highest BCUT2D eigenvalue weighted by atomic mass is 35.5. The Bertz CT molecular complexity index is 592. The predicted molar refractivity (Wildman–Crippen MR) is 86.1 cm³/mol. The van der Waals surface area contributed by atoms with Crippen LogP contribution in [0.2, 0.25) is 10.0 Å². The minimum atomic E-state index is -0.767. The number of hydrogen-bond donors (Lipinski definition) is 1. The Kier molecular flexibility index (Phi) is 5.55. The SMILES string of the molecule is C[C@H](Oc1ccc(Cl)cc1Cl)C(=O)NC1(C#N)CCCCC1. The third kappa shape index (κ3) is 4.06. The van der Waals surface area contributed by atoms with Crippen LogP contribution in [0.4, 0.5) is 0 Å². The lowest BCUT2D eigenvalue weighted by molar-refractivity contribution is -0.129. The van der Waals surface area contributed by atoms with Gasteiger partial charge in [-0.15, -0.1) is 0 Å². The zero-order valence-corrected chi connectivity index (χ0v) is 13.9. The first-order valence-corrected chi connectivity index (χ1v) is 8.06. The first-order chi connectivity index (χ1) is 10.5. The van der Waals surface area contributed by atoms with Gasteiger partial charge in [0.15, 0.2) is 6.10 Å². The topological polar surface area (TPSA) is 62.1 Å². The number of hydrogen-bond acceptors (Lipinski definition) is 3. The molecule has 0 heterocycles. The zero-order valence-electron chi connectivity index (χ0n) is 12.4. The summed E-state index contributed by atoms with van der Waals surface area (Å²) in [6.07, 6.45) is 3.63. The summed E-state index contributed by atoms with van der Waals surface area (Å²) in [5.74, 6) is 0.0813. The monoisotopic (exact) mass is 340 g/mol. The third-order valence-electron chi connectivity index (χ3n) is 3.85. The number of carbonyl (C=O) groups excluding carboxylic acids is 1. The lowest BCUT2D eigenvalue weighted by Gasteiger charge is -2.32. The van der Waals surface area contributed by atoms with Crippen molar-refractivity contribution in [3.05, 3.63) is 28.2 Å². The molecule has 0 bridgehead atoms. The van der Waals surface area contributed by atoms with Crippen molar-refractivity contribution in [2.45, 2.75) is 50.7 Å². The molecule has 22 heavy (non-hydrogen) atoms. The van der Waals surface area contributed by atoms with Gasteiger partial charge in [-0.1, -0.05) is 42.5 Å². The summed E-state index contributed by atoms with van der Waals surface area (Å²) in [7, 11) is 0. The van der Waals surface area contributed by atoms with E-state index in [1.807, 2.05) is 0 Å². The zero-order chi connectivity index (χ0) is 16.2. The number of nitrogens with zero attached hydrogens (tertiary/aromatic N) is 1. The van der Waals surface area contributed by atoms with E-state index in [0.717, 1.165) is 19.3 Å². The highest BCUT2D eigenvalue weighted by molar-refractivity contribution is 6.35. The summed E-state index contributed by atoms with van der Waals surface area (Å²) in [6.45, 7) is 1.63. The molecule has 0 unspecified atom stereocenters. The molecule has 1 N–H and O–H groups in total. The molecule has 1 aliphatic carbocycles. The van der Waals surface area contributed by atoms with Crippen LogP contribution in [0.1, 0.15) is 39.0 Å². The van der Waals surface area contributed by atoms with Gasteiger partial charge in [0.1, 0.15) is 11.3 Å². The van der Waals surface area contributed by atoms with Gasteiger partial charge in [0.2, 0.25) is 0 Å². The van der Waals surface area contributed by atoms with E-state index in [2.05, 4.69) is 11.4 Å². The molecule has 118 valence electrons. The second-order valence-electron chi connectivity index (χ2n) is 5.58. The van der Waals surface area contributed by atoms with Gasteiger partial charge in [-0.05, 0) is 38.0 Å². The van der Waals surface area contributed by atoms with E-state index in [-0.39, 0.29) is 5.91 Å². The molecule has 1 amide bonds. The number of rotatable bonds is 4. The first-order valence-electron chi connectivity index (χ1n) is 7.31. The van der Waals surface area contributed by atoms with Gasteiger partial charge >= 0.3 is 0 Å². The average Bonchev–Trinajstić information content (AvgIpc) is 2.51. The van der Waals surface area contributed by atoms with E-state index in [1.165, 1.54) is 0 Å². The highest BCUT2D eigenvalue weighted by Crippen LogP contribution is 2.30. The number of carbonyl (C=O) groups is 1. The molecule has 1 fully saturated rings. The van der Waals surface area contributed by atoms with Crippen LogP contribution >= 0.6 is 23.2 Å². The fourth-order valence-electron chi connectivity index (χ4n) is 2.57. The number of ether oxygens (including phenoxy) is 1. The van der Waals surface area contributed by atoms with Crippen molar-refractivity contribution >= 4 is 29.1 Å². The first kappa shape index (κ1) is 16.9. The molecule has 1 atom stereocenters. The molecule has 0 spiro atoms. The lowest BCUT2D eigenvalue weighted by atomic mass is 9.83. The molecule has 1 aromatic rings. The van der Waals surface area contributed by atoms with Gasteiger partial charge in [-0.3, -0.25) is 4.79 Å². The van der Waals surface area contributed by atoms with Crippen LogP contribution in [-0.4, -0.2) is 17.6 Å². The van der Waals surface area contributed by atoms with Gasteiger partial charge in [0.05, 0.1) is 11.1 Å². The number of nitrogens with one attached hydrogen (secondary N) is 1. The fraction of sp³-hybridized carbons (Fsp3) is 0.500. The van der Waals surface area contributed by atoms with Crippen molar-refractivity contribution in [1.29, 1.82) is 5.26 Å². The Hall–Kier alpha value is -1.44. The number of benzene rings is 1. The molecule has 6 heteroatoms. The Morgan fingerprint density at radius 3 is 2.64 bits per heavy atom. The van der Waals surface area contributed by atoms with E-state index in [1.54, 1.807) is 25.1 Å². The molecule has 0 radical (unpaired) electrons. The van der Waals surface area contributed by atoms with Crippen molar-refractivity contribution in [3.63, 3.8) is 0 Å². The van der Waals surface area contributed by atoms with Gasteiger partial charge in [-0.2, -0.15) is 5.26 Å². The molecule has 0 aliphatic heterocycles. The van der Waals surface area contributed by atoms with E-state index in [9.17, 15) is 10.1 Å². The summed E-state index contributed by atoms with van der Waals surface area (Å²) >= 11 is 11.9. The fourth-order valence-corrected chi connectivity index (χ4v) is 3.03. The number of halogens is 2. The van der Waals surface area contributed by atoms with Crippen LogP contribution in [0.5, 0.6) is 5.75 Å². The van der Waals surface area contributed by atoms with Crippen LogP contribution in [-0.2, 0) is 4.79 Å². The predicted octanol–water partition coefficient (Wildman–Crippen LogP) is 4.10. The van der Waals surface area contributed by atoms with Crippen molar-refractivity contribution in [2.75, 3.05) is 0 Å².